The lowest BCUT2D eigenvalue weighted by Gasteiger charge is -2.09. The highest BCUT2D eigenvalue weighted by Crippen LogP contribution is 2.36. The summed E-state index contributed by atoms with van der Waals surface area (Å²) in [5.74, 6) is 1.60. The molecule has 0 aliphatic heterocycles. The molecule has 0 spiro atoms. The maximum Gasteiger partial charge on any atom is 0.161 e. The minimum atomic E-state index is 0.802. The van der Waals surface area contributed by atoms with Crippen LogP contribution < -0.4 is 9.47 Å². The second-order valence-electron chi connectivity index (χ2n) is 4.91. The van der Waals surface area contributed by atoms with Gasteiger partial charge in [-0.15, -0.1) is 0 Å². The third-order valence-corrected chi connectivity index (χ3v) is 3.62. The SMILES string of the molecule is COc1cc2c(cc1OC)CC(=Cc1ccncc1)C2. The summed E-state index contributed by atoms with van der Waals surface area (Å²) in [4.78, 5) is 4.04. The molecule has 1 aliphatic carbocycles. The molecule has 3 rings (SSSR count). The molecule has 0 saturated carbocycles. The van der Waals surface area contributed by atoms with Crippen LogP contribution in [0.2, 0.25) is 0 Å². The summed E-state index contributed by atoms with van der Waals surface area (Å²) >= 11 is 0. The van der Waals surface area contributed by atoms with Gasteiger partial charge in [0.15, 0.2) is 11.5 Å². The van der Waals surface area contributed by atoms with E-state index in [4.69, 9.17) is 9.47 Å². The average molecular weight is 267 g/mol. The van der Waals surface area contributed by atoms with E-state index in [1.165, 1.54) is 22.3 Å². The van der Waals surface area contributed by atoms with Crippen LogP contribution in [0.5, 0.6) is 11.5 Å². The largest absolute Gasteiger partial charge is 0.493 e. The molecular weight excluding hydrogens is 250 g/mol. The van der Waals surface area contributed by atoms with Crippen LogP contribution in [0.4, 0.5) is 0 Å². The fourth-order valence-electron chi connectivity index (χ4n) is 2.64. The van der Waals surface area contributed by atoms with E-state index in [9.17, 15) is 0 Å². The molecule has 1 aliphatic rings. The molecule has 0 unspecified atom stereocenters. The molecule has 20 heavy (non-hydrogen) atoms. The Labute approximate surface area is 118 Å². The van der Waals surface area contributed by atoms with Crippen LogP contribution in [-0.2, 0) is 12.8 Å². The van der Waals surface area contributed by atoms with Crippen molar-refractivity contribution in [1.29, 1.82) is 0 Å². The molecule has 3 nitrogen and oxygen atoms in total. The topological polar surface area (TPSA) is 31.4 Å². The number of rotatable bonds is 3. The van der Waals surface area contributed by atoms with Crippen molar-refractivity contribution < 1.29 is 9.47 Å². The molecule has 2 aromatic rings. The molecule has 0 radical (unpaired) electrons. The number of aromatic nitrogens is 1. The van der Waals surface area contributed by atoms with Crippen LogP contribution in [0.1, 0.15) is 16.7 Å². The highest BCUT2D eigenvalue weighted by Gasteiger charge is 2.19. The predicted octanol–water partition coefficient (Wildman–Crippen LogP) is 3.28. The number of ether oxygens (including phenoxy) is 2. The molecule has 0 bridgehead atoms. The molecular formula is C17H17NO2. The van der Waals surface area contributed by atoms with Gasteiger partial charge in [0.1, 0.15) is 0 Å². The smallest absolute Gasteiger partial charge is 0.161 e. The molecule has 0 amide bonds. The van der Waals surface area contributed by atoms with Crippen molar-refractivity contribution >= 4 is 6.08 Å². The van der Waals surface area contributed by atoms with E-state index < -0.39 is 0 Å². The standard InChI is InChI=1S/C17H17NO2/c1-19-16-10-14-8-13(7-12-3-5-18-6-4-12)9-15(14)11-17(16)20-2/h3-7,10-11H,8-9H2,1-2H3. The summed E-state index contributed by atoms with van der Waals surface area (Å²) in [6, 6.07) is 8.22. The van der Waals surface area contributed by atoms with Gasteiger partial charge in [-0.1, -0.05) is 11.6 Å². The number of fused-ring (bicyclic) bond motifs is 1. The molecule has 102 valence electrons. The lowest BCUT2D eigenvalue weighted by molar-refractivity contribution is 0.354. The Balaban J connectivity index is 1.91. The first-order valence-electron chi connectivity index (χ1n) is 6.63. The zero-order chi connectivity index (χ0) is 13.9. The molecule has 0 fully saturated rings. The second-order valence-corrected chi connectivity index (χ2v) is 4.91. The van der Waals surface area contributed by atoms with Crippen LogP contribution in [0.3, 0.4) is 0 Å². The van der Waals surface area contributed by atoms with Crippen LogP contribution >= 0.6 is 0 Å². The van der Waals surface area contributed by atoms with Gasteiger partial charge in [0.25, 0.3) is 0 Å². The van der Waals surface area contributed by atoms with E-state index in [0.717, 1.165) is 24.3 Å². The van der Waals surface area contributed by atoms with Gasteiger partial charge in [-0.3, -0.25) is 4.98 Å². The number of benzene rings is 1. The normalized spacial score (nSPS) is 13.0. The summed E-state index contributed by atoms with van der Waals surface area (Å²) in [6.45, 7) is 0. The number of hydrogen-bond donors (Lipinski definition) is 0. The Morgan fingerprint density at radius 2 is 1.50 bits per heavy atom. The number of pyridine rings is 1. The van der Waals surface area contributed by atoms with E-state index in [1.807, 2.05) is 24.5 Å². The molecule has 3 heteroatoms. The van der Waals surface area contributed by atoms with Gasteiger partial charge in [0, 0.05) is 12.4 Å². The first kappa shape index (κ1) is 12.7. The van der Waals surface area contributed by atoms with E-state index in [2.05, 4.69) is 23.2 Å². The fourth-order valence-corrected chi connectivity index (χ4v) is 2.64. The van der Waals surface area contributed by atoms with Crippen molar-refractivity contribution in [3.05, 3.63) is 58.9 Å². The number of hydrogen-bond acceptors (Lipinski definition) is 3. The van der Waals surface area contributed by atoms with Crippen molar-refractivity contribution in [2.45, 2.75) is 12.8 Å². The Bertz CT molecular complexity index is 613. The van der Waals surface area contributed by atoms with E-state index in [-0.39, 0.29) is 0 Å². The summed E-state index contributed by atoms with van der Waals surface area (Å²) in [5.41, 5.74) is 5.24. The van der Waals surface area contributed by atoms with Gasteiger partial charge in [-0.2, -0.15) is 0 Å². The summed E-state index contributed by atoms with van der Waals surface area (Å²) in [5, 5.41) is 0. The maximum absolute atomic E-state index is 5.36. The lowest BCUT2D eigenvalue weighted by atomic mass is 10.1. The first-order valence-corrected chi connectivity index (χ1v) is 6.63. The minimum Gasteiger partial charge on any atom is -0.493 e. The van der Waals surface area contributed by atoms with Crippen LogP contribution in [0, 0.1) is 0 Å². The zero-order valence-electron chi connectivity index (χ0n) is 11.7. The highest BCUT2D eigenvalue weighted by molar-refractivity contribution is 5.60. The lowest BCUT2D eigenvalue weighted by Crippen LogP contribution is -1.93. The number of nitrogens with zero attached hydrogens (tertiary/aromatic N) is 1. The van der Waals surface area contributed by atoms with Gasteiger partial charge in [0.2, 0.25) is 0 Å². The highest BCUT2D eigenvalue weighted by atomic mass is 16.5. The molecule has 1 aromatic carbocycles. The van der Waals surface area contributed by atoms with Crippen LogP contribution in [0.25, 0.3) is 6.08 Å². The Morgan fingerprint density at radius 3 is 2.00 bits per heavy atom. The van der Waals surface area contributed by atoms with E-state index in [0.29, 0.717) is 0 Å². The van der Waals surface area contributed by atoms with Crippen LogP contribution in [0.15, 0.2) is 42.2 Å². The van der Waals surface area contributed by atoms with Gasteiger partial charge in [-0.25, -0.2) is 0 Å². The van der Waals surface area contributed by atoms with Crippen LogP contribution in [-0.4, -0.2) is 19.2 Å². The minimum absolute atomic E-state index is 0.802. The van der Waals surface area contributed by atoms with Crippen molar-refractivity contribution in [3.63, 3.8) is 0 Å². The Morgan fingerprint density at radius 1 is 0.950 bits per heavy atom. The van der Waals surface area contributed by atoms with Crippen molar-refractivity contribution in [2.24, 2.45) is 0 Å². The summed E-state index contributed by atoms with van der Waals surface area (Å²) in [7, 11) is 3.35. The van der Waals surface area contributed by atoms with Crippen molar-refractivity contribution in [3.8, 4) is 11.5 Å². The average Bonchev–Trinajstić information content (AvgIpc) is 2.87. The number of allylic oxidation sites excluding steroid dienone is 1. The summed E-state index contributed by atoms with van der Waals surface area (Å²) in [6.07, 6.45) is 7.82. The predicted molar refractivity (Wildman–Crippen MR) is 79.2 cm³/mol. The molecule has 1 heterocycles. The van der Waals surface area contributed by atoms with E-state index >= 15 is 0 Å². The first-order chi connectivity index (χ1) is 9.80. The van der Waals surface area contributed by atoms with Gasteiger partial charge < -0.3 is 9.47 Å². The van der Waals surface area contributed by atoms with Gasteiger partial charge >= 0.3 is 0 Å². The fraction of sp³-hybridized carbons (Fsp3) is 0.235. The van der Waals surface area contributed by atoms with Gasteiger partial charge in [-0.05, 0) is 53.8 Å². The quantitative estimate of drug-likeness (QED) is 0.855. The molecule has 1 aromatic heterocycles. The number of methoxy groups -OCH3 is 2. The molecule has 0 atom stereocenters. The van der Waals surface area contributed by atoms with E-state index in [1.54, 1.807) is 14.2 Å². The molecule has 0 N–H and O–H groups in total. The van der Waals surface area contributed by atoms with Crippen molar-refractivity contribution in [2.75, 3.05) is 14.2 Å². The summed E-state index contributed by atoms with van der Waals surface area (Å²) < 4.78 is 10.7. The Hall–Kier alpha value is -2.29. The monoisotopic (exact) mass is 267 g/mol. The second kappa shape index (κ2) is 5.37. The van der Waals surface area contributed by atoms with Gasteiger partial charge in [0.05, 0.1) is 14.2 Å². The maximum atomic E-state index is 5.36. The zero-order valence-corrected chi connectivity index (χ0v) is 11.7. The van der Waals surface area contributed by atoms with Crippen molar-refractivity contribution in [1.82, 2.24) is 4.98 Å². The molecule has 0 saturated heterocycles. The third-order valence-electron chi connectivity index (χ3n) is 3.62. The Kier molecular flexibility index (Phi) is 3.42. The third kappa shape index (κ3) is 2.39.